The molecule has 0 heterocycles. The minimum absolute atomic E-state index is 0.130. The predicted molar refractivity (Wildman–Crippen MR) is 150 cm³/mol. The Labute approximate surface area is 239 Å². The highest BCUT2D eigenvalue weighted by atomic mass is 127. The quantitative estimate of drug-likeness (QED) is 0.0682. The topological polar surface area (TPSA) is 105 Å². The van der Waals surface area contributed by atoms with Crippen molar-refractivity contribution in [2.45, 2.75) is 56.4 Å². The Bertz CT molecular complexity index is 884. The number of urea groups is 1. The van der Waals surface area contributed by atoms with E-state index in [2.05, 4.69) is 46.0 Å². The van der Waals surface area contributed by atoms with E-state index in [-0.39, 0.29) is 30.0 Å². The zero-order valence-corrected chi connectivity index (χ0v) is 24.8. The molecular formula is C22H29Cl3IN3O5S. The Morgan fingerprint density at radius 1 is 1.11 bits per heavy atom. The number of esters is 2. The summed E-state index contributed by atoms with van der Waals surface area (Å²) in [6.07, 6.45) is 0.470. The molecule has 0 aromatic heterocycles. The number of ether oxygens (including phenoxy) is 1. The summed E-state index contributed by atoms with van der Waals surface area (Å²) in [6, 6.07) is 4.85. The SMILES string of the molecule is CCCC(=O)NC(NC(=O)N(S)c1ccc(C(=O)OC(=O)CC(CCI)C(C)C)cc1)C(Cl)(Cl)Cl. The second kappa shape index (κ2) is 15.3. The fourth-order valence-electron chi connectivity index (χ4n) is 2.93. The monoisotopic (exact) mass is 679 g/mol. The zero-order chi connectivity index (χ0) is 26.8. The van der Waals surface area contributed by atoms with E-state index >= 15 is 0 Å². The summed E-state index contributed by atoms with van der Waals surface area (Å²) in [7, 11) is 0. The minimum Gasteiger partial charge on any atom is -0.389 e. The normalized spacial score (nSPS) is 13.1. The summed E-state index contributed by atoms with van der Waals surface area (Å²) < 4.78 is 4.78. The molecule has 0 fully saturated rings. The van der Waals surface area contributed by atoms with Gasteiger partial charge in [-0.1, -0.05) is 91.0 Å². The lowest BCUT2D eigenvalue weighted by Gasteiger charge is -2.28. The summed E-state index contributed by atoms with van der Waals surface area (Å²) in [5.74, 6) is -1.35. The number of alkyl halides is 4. The van der Waals surface area contributed by atoms with Gasteiger partial charge in [-0.05, 0) is 53.4 Å². The average Bonchev–Trinajstić information content (AvgIpc) is 2.77. The average molecular weight is 681 g/mol. The number of hydrogen-bond donors (Lipinski definition) is 3. The van der Waals surface area contributed by atoms with Gasteiger partial charge in [0.05, 0.1) is 11.3 Å². The van der Waals surface area contributed by atoms with Gasteiger partial charge >= 0.3 is 18.0 Å². The Hall–Kier alpha value is -0.950. The molecule has 2 N–H and O–H groups in total. The molecule has 2 unspecified atom stereocenters. The van der Waals surface area contributed by atoms with E-state index in [1.54, 1.807) is 0 Å². The van der Waals surface area contributed by atoms with Gasteiger partial charge in [-0.15, -0.1) is 0 Å². The van der Waals surface area contributed by atoms with Crippen LogP contribution in [0.4, 0.5) is 10.5 Å². The molecular weight excluding hydrogens is 652 g/mol. The van der Waals surface area contributed by atoms with Gasteiger partial charge in [0.25, 0.3) is 0 Å². The maximum absolute atomic E-state index is 12.6. The minimum atomic E-state index is -2.01. The van der Waals surface area contributed by atoms with Gasteiger partial charge in [0.15, 0.2) is 6.17 Å². The first-order valence-corrected chi connectivity index (χ1v) is 13.9. The molecule has 2 atom stereocenters. The van der Waals surface area contributed by atoms with Crippen molar-refractivity contribution in [3.8, 4) is 0 Å². The van der Waals surface area contributed by atoms with Crippen LogP contribution in [0.1, 0.15) is 56.8 Å². The van der Waals surface area contributed by atoms with Gasteiger partial charge < -0.3 is 15.4 Å². The van der Waals surface area contributed by atoms with Crippen molar-refractivity contribution in [1.29, 1.82) is 0 Å². The van der Waals surface area contributed by atoms with Crippen LogP contribution in [0.15, 0.2) is 24.3 Å². The van der Waals surface area contributed by atoms with Crippen LogP contribution in [0.25, 0.3) is 0 Å². The molecule has 1 aromatic rings. The number of amides is 3. The van der Waals surface area contributed by atoms with Crippen LogP contribution >= 0.6 is 70.2 Å². The lowest BCUT2D eigenvalue weighted by atomic mass is 9.90. The molecule has 13 heteroatoms. The van der Waals surface area contributed by atoms with E-state index in [1.807, 2.05) is 20.8 Å². The van der Waals surface area contributed by atoms with Crippen molar-refractivity contribution in [1.82, 2.24) is 10.6 Å². The molecule has 1 rings (SSSR count). The number of carbonyl (C=O) groups excluding carboxylic acids is 4. The molecule has 0 saturated heterocycles. The Morgan fingerprint density at radius 2 is 1.71 bits per heavy atom. The predicted octanol–water partition coefficient (Wildman–Crippen LogP) is 5.83. The highest BCUT2D eigenvalue weighted by molar-refractivity contribution is 14.1. The van der Waals surface area contributed by atoms with Gasteiger partial charge in [0, 0.05) is 12.8 Å². The number of thiol groups is 1. The van der Waals surface area contributed by atoms with Crippen molar-refractivity contribution < 1.29 is 23.9 Å². The van der Waals surface area contributed by atoms with Crippen molar-refractivity contribution in [3.05, 3.63) is 29.8 Å². The first-order chi connectivity index (χ1) is 16.3. The molecule has 0 radical (unpaired) electrons. The number of carbonyl (C=O) groups is 4. The maximum atomic E-state index is 12.6. The third kappa shape index (κ3) is 11.3. The molecule has 0 saturated carbocycles. The Kier molecular flexibility index (Phi) is 14.1. The van der Waals surface area contributed by atoms with Crippen molar-refractivity contribution in [3.63, 3.8) is 0 Å². The molecule has 0 bridgehead atoms. The van der Waals surface area contributed by atoms with Crippen LogP contribution < -0.4 is 14.9 Å². The number of anilines is 1. The van der Waals surface area contributed by atoms with E-state index in [9.17, 15) is 19.2 Å². The van der Waals surface area contributed by atoms with Crippen LogP contribution in [0.3, 0.4) is 0 Å². The highest BCUT2D eigenvalue weighted by Gasteiger charge is 2.36. The van der Waals surface area contributed by atoms with E-state index in [1.165, 1.54) is 24.3 Å². The molecule has 196 valence electrons. The number of nitrogens with zero attached hydrogens (tertiary/aromatic N) is 1. The molecule has 35 heavy (non-hydrogen) atoms. The summed E-state index contributed by atoms with van der Waals surface area (Å²) in [5, 5.41) is 4.84. The number of benzene rings is 1. The molecule has 8 nitrogen and oxygen atoms in total. The van der Waals surface area contributed by atoms with E-state index in [0.717, 1.165) is 15.2 Å². The van der Waals surface area contributed by atoms with Gasteiger partial charge in [-0.25, -0.2) is 13.9 Å². The van der Waals surface area contributed by atoms with E-state index in [0.29, 0.717) is 12.3 Å². The number of nitrogens with one attached hydrogen (secondary N) is 2. The summed E-state index contributed by atoms with van der Waals surface area (Å²) >= 11 is 24.0. The van der Waals surface area contributed by atoms with Gasteiger partial charge in [-0.2, -0.15) is 0 Å². The number of hydrogen-bond acceptors (Lipinski definition) is 6. The van der Waals surface area contributed by atoms with Crippen molar-refractivity contribution >= 4 is 99.8 Å². The Balaban J connectivity index is 2.80. The van der Waals surface area contributed by atoms with Crippen LogP contribution in [0, 0.1) is 11.8 Å². The van der Waals surface area contributed by atoms with Crippen LogP contribution in [-0.4, -0.2) is 38.3 Å². The third-order valence-electron chi connectivity index (χ3n) is 4.98. The Morgan fingerprint density at radius 3 is 2.20 bits per heavy atom. The second-order valence-electron chi connectivity index (χ2n) is 8.05. The largest absolute Gasteiger partial charge is 0.389 e. The first kappa shape index (κ1) is 32.1. The fourth-order valence-corrected chi connectivity index (χ4v) is 4.25. The summed E-state index contributed by atoms with van der Waals surface area (Å²) in [6.45, 7) is 5.86. The smallest absolute Gasteiger partial charge is 0.345 e. The number of halogens is 4. The summed E-state index contributed by atoms with van der Waals surface area (Å²) in [5.41, 5.74) is 0.406. The van der Waals surface area contributed by atoms with Crippen LogP contribution in [-0.2, 0) is 14.3 Å². The van der Waals surface area contributed by atoms with Crippen LogP contribution in [0.5, 0.6) is 0 Å². The molecule has 0 aliphatic carbocycles. The molecule has 0 spiro atoms. The standard InChI is InChI=1S/C22H29Cl3IN3O5S/c1-4-5-17(30)27-20(22(23,24)25)28-21(33)29(35)16-8-6-14(7-9-16)19(32)34-18(31)12-15(10-11-26)13(2)3/h6-9,13,15,20,35H,4-5,10-12H2,1-3H3,(H,27,30)(H,28,33). The number of rotatable bonds is 11. The zero-order valence-electron chi connectivity index (χ0n) is 19.5. The van der Waals surface area contributed by atoms with Crippen molar-refractivity contribution in [2.75, 3.05) is 8.73 Å². The maximum Gasteiger partial charge on any atom is 0.345 e. The van der Waals surface area contributed by atoms with E-state index in [4.69, 9.17) is 39.5 Å². The third-order valence-corrected chi connectivity index (χ3v) is 6.67. The van der Waals surface area contributed by atoms with Gasteiger partial charge in [0.1, 0.15) is 0 Å². The summed E-state index contributed by atoms with van der Waals surface area (Å²) in [4.78, 5) is 49.0. The van der Waals surface area contributed by atoms with E-state index < -0.39 is 33.8 Å². The first-order valence-electron chi connectivity index (χ1n) is 10.9. The van der Waals surface area contributed by atoms with Crippen molar-refractivity contribution in [2.24, 2.45) is 11.8 Å². The fraction of sp³-hybridized carbons (Fsp3) is 0.545. The molecule has 0 aliphatic rings. The molecule has 0 aliphatic heterocycles. The van der Waals surface area contributed by atoms with Crippen LogP contribution in [0.2, 0.25) is 0 Å². The molecule has 1 aromatic carbocycles. The van der Waals surface area contributed by atoms with Gasteiger partial charge in [-0.3, -0.25) is 9.59 Å². The lowest BCUT2D eigenvalue weighted by Crippen LogP contribution is -2.57. The highest BCUT2D eigenvalue weighted by Crippen LogP contribution is 2.30. The molecule has 3 amide bonds. The second-order valence-corrected chi connectivity index (χ2v) is 11.9. The lowest BCUT2D eigenvalue weighted by molar-refractivity contribution is -0.139. The van der Waals surface area contributed by atoms with Gasteiger partial charge in [0.2, 0.25) is 9.70 Å².